The van der Waals surface area contributed by atoms with Gasteiger partial charge < -0.3 is 19.9 Å². The van der Waals surface area contributed by atoms with Crippen LogP contribution in [0.2, 0.25) is 0 Å². The summed E-state index contributed by atoms with van der Waals surface area (Å²) in [4.78, 5) is 0.272. The summed E-state index contributed by atoms with van der Waals surface area (Å²) < 4.78 is 16.7. The van der Waals surface area contributed by atoms with Crippen LogP contribution >= 0.6 is 12.2 Å². The van der Waals surface area contributed by atoms with Crippen molar-refractivity contribution in [3.63, 3.8) is 0 Å². The molecule has 0 aliphatic carbocycles. The van der Waals surface area contributed by atoms with E-state index in [0.29, 0.717) is 30.3 Å². The minimum atomic E-state index is 0.272. The highest BCUT2D eigenvalue weighted by atomic mass is 32.1. The molecule has 2 aromatic rings. The lowest BCUT2D eigenvalue weighted by molar-refractivity contribution is 0.211. The van der Waals surface area contributed by atoms with E-state index in [1.807, 2.05) is 37.3 Å². The highest BCUT2D eigenvalue weighted by molar-refractivity contribution is 7.80. The molecule has 0 saturated heterocycles. The van der Waals surface area contributed by atoms with Gasteiger partial charge in [0.1, 0.15) is 24.0 Å². The number of thiocarbonyl (C=S) groups is 1. The predicted octanol–water partition coefficient (Wildman–Crippen LogP) is 3.10. The van der Waals surface area contributed by atoms with Crippen LogP contribution in [0.3, 0.4) is 0 Å². The summed E-state index contributed by atoms with van der Waals surface area (Å²) in [5, 5.41) is 0. The smallest absolute Gasteiger partial charge is 0.171 e. The van der Waals surface area contributed by atoms with E-state index in [1.54, 1.807) is 19.2 Å². The van der Waals surface area contributed by atoms with Crippen LogP contribution in [-0.4, -0.2) is 25.3 Å². The second kappa shape index (κ2) is 7.66. The Balaban J connectivity index is 1.96. The Morgan fingerprint density at radius 3 is 2.36 bits per heavy atom. The molecule has 5 heteroatoms. The molecule has 0 radical (unpaired) electrons. The number of rotatable bonds is 7. The molecule has 116 valence electrons. The average molecular weight is 317 g/mol. The van der Waals surface area contributed by atoms with Gasteiger partial charge in [0.2, 0.25) is 0 Å². The van der Waals surface area contributed by atoms with Crippen molar-refractivity contribution in [1.29, 1.82) is 0 Å². The van der Waals surface area contributed by atoms with Crippen LogP contribution in [-0.2, 0) is 0 Å². The first-order valence-electron chi connectivity index (χ1n) is 6.91. The minimum Gasteiger partial charge on any atom is -0.493 e. The van der Waals surface area contributed by atoms with Gasteiger partial charge in [-0.1, -0.05) is 36.0 Å². The van der Waals surface area contributed by atoms with Crippen molar-refractivity contribution in [2.45, 2.75) is 6.92 Å². The van der Waals surface area contributed by atoms with Gasteiger partial charge in [0.05, 0.1) is 12.7 Å². The lowest BCUT2D eigenvalue weighted by Crippen LogP contribution is -2.15. The molecule has 0 aliphatic heterocycles. The van der Waals surface area contributed by atoms with E-state index in [2.05, 4.69) is 0 Å². The second-order valence-corrected chi connectivity index (χ2v) is 5.15. The first kappa shape index (κ1) is 16.1. The maximum atomic E-state index is 5.75. The van der Waals surface area contributed by atoms with Gasteiger partial charge in [0.15, 0.2) is 11.5 Å². The summed E-state index contributed by atoms with van der Waals surface area (Å²) >= 11 is 5.04. The third-order valence-electron chi connectivity index (χ3n) is 3.08. The number of aryl methyl sites for hydroxylation is 1. The van der Waals surface area contributed by atoms with Gasteiger partial charge in [-0.15, -0.1) is 0 Å². The van der Waals surface area contributed by atoms with Crippen molar-refractivity contribution in [1.82, 2.24) is 0 Å². The van der Waals surface area contributed by atoms with E-state index in [-0.39, 0.29) is 4.99 Å². The fraction of sp³-hybridized carbons (Fsp3) is 0.235. The van der Waals surface area contributed by atoms with E-state index in [0.717, 1.165) is 5.75 Å². The van der Waals surface area contributed by atoms with Crippen LogP contribution < -0.4 is 19.9 Å². The van der Waals surface area contributed by atoms with Gasteiger partial charge in [-0.2, -0.15) is 0 Å². The first-order chi connectivity index (χ1) is 10.6. The lowest BCUT2D eigenvalue weighted by atomic mass is 10.2. The van der Waals surface area contributed by atoms with Crippen molar-refractivity contribution < 1.29 is 14.2 Å². The fourth-order valence-corrected chi connectivity index (χ4v) is 2.12. The highest BCUT2D eigenvalue weighted by Crippen LogP contribution is 2.31. The molecule has 4 nitrogen and oxygen atoms in total. The van der Waals surface area contributed by atoms with Gasteiger partial charge in [-0.25, -0.2) is 0 Å². The molecule has 0 fully saturated rings. The fourth-order valence-electron chi connectivity index (χ4n) is 1.96. The normalized spacial score (nSPS) is 10.1. The third kappa shape index (κ3) is 4.11. The zero-order valence-electron chi connectivity index (χ0n) is 12.7. The van der Waals surface area contributed by atoms with Gasteiger partial charge >= 0.3 is 0 Å². The molecule has 2 rings (SSSR count). The topological polar surface area (TPSA) is 53.7 Å². The average Bonchev–Trinajstić information content (AvgIpc) is 2.53. The van der Waals surface area contributed by atoms with Crippen molar-refractivity contribution in [3.05, 3.63) is 53.6 Å². The monoisotopic (exact) mass is 317 g/mol. The summed E-state index contributed by atoms with van der Waals surface area (Å²) in [5.41, 5.74) is 7.56. The van der Waals surface area contributed by atoms with Crippen LogP contribution in [0, 0.1) is 6.92 Å². The second-order valence-electron chi connectivity index (χ2n) is 4.71. The molecule has 0 saturated carbocycles. The maximum Gasteiger partial charge on any atom is 0.171 e. The number of benzene rings is 2. The molecule has 2 N–H and O–H groups in total. The zero-order chi connectivity index (χ0) is 15.9. The molecular weight excluding hydrogens is 298 g/mol. The number of hydrogen-bond donors (Lipinski definition) is 1. The van der Waals surface area contributed by atoms with Gasteiger partial charge in [-0.3, -0.25) is 0 Å². The SMILES string of the molecule is COc1cccc(C(N)=S)c1OCCOc1ccc(C)cc1. The number of para-hydroxylation sites is 1. The van der Waals surface area contributed by atoms with Crippen LogP contribution in [0.4, 0.5) is 0 Å². The Morgan fingerprint density at radius 1 is 1.05 bits per heavy atom. The Hall–Kier alpha value is -2.27. The van der Waals surface area contributed by atoms with Crippen LogP contribution in [0.15, 0.2) is 42.5 Å². The molecule has 2 aromatic carbocycles. The molecule has 0 atom stereocenters. The van der Waals surface area contributed by atoms with Crippen LogP contribution in [0.5, 0.6) is 17.2 Å². The molecular formula is C17H19NO3S. The van der Waals surface area contributed by atoms with E-state index in [1.165, 1.54) is 5.56 Å². The largest absolute Gasteiger partial charge is 0.493 e. The van der Waals surface area contributed by atoms with E-state index in [9.17, 15) is 0 Å². The predicted molar refractivity (Wildman–Crippen MR) is 91.1 cm³/mol. The van der Waals surface area contributed by atoms with E-state index in [4.69, 9.17) is 32.2 Å². The molecule has 0 aromatic heterocycles. The van der Waals surface area contributed by atoms with Gasteiger partial charge in [-0.05, 0) is 31.2 Å². The first-order valence-corrected chi connectivity index (χ1v) is 7.31. The Bertz CT molecular complexity index is 641. The molecule has 0 aliphatic rings. The Morgan fingerprint density at radius 2 is 1.73 bits per heavy atom. The summed E-state index contributed by atoms with van der Waals surface area (Å²) in [6.45, 7) is 2.81. The summed E-state index contributed by atoms with van der Waals surface area (Å²) in [6, 6.07) is 13.3. The van der Waals surface area contributed by atoms with Crippen LogP contribution in [0.1, 0.15) is 11.1 Å². The van der Waals surface area contributed by atoms with Gasteiger partial charge in [0.25, 0.3) is 0 Å². The maximum absolute atomic E-state index is 5.75. The molecule has 0 amide bonds. The quantitative estimate of drug-likeness (QED) is 0.628. The van der Waals surface area contributed by atoms with Crippen molar-refractivity contribution in [3.8, 4) is 17.2 Å². The summed E-state index contributed by atoms with van der Waals surface area (Å²) in [7, 11) is 1.58. The number of ether oxygens (including phenoxy) is 3. The summed E-state index contributed by atoms with van der Waals surface area (Å²) in [5.74, 6) is 1.95. The standard InChI is InChI=1S/C17H19NO3S/c1-12-6-8-13(9-7-12)20-10-11-21-16-14(17(18)22)4-3-5-15(16)19-2/h3-9H,10-11H2,1-2H3,(H2,18,22). The third-order valence-corrected chi connectivity index (χ3v) is 3.30. The van der Waals surface area contributed by atoms with E-state index >= 15 is 0 Å². The zero-order valence-corrected chi connectivity index (χ0v) is 13.5. The number of methoxy groups -OCH3 is 1. The number of hydrogen-bond acceptors (Lipinski definition) is 4. The van der Waals surface area contributed by atoms with E-state index < -0.39 is 0 Å². The highest BCUT2D eigenvalue weighted by Gasteiger charge is 2.12. The van der Waals surface area contributed by atoms with Crippen molar-refractivity contribution in [2.75, 3.05) is 20.3 Å². The molecule has 0 spiro atoms. The molecule has 0 heterocycles. The van der Waals surface area contributed by atoms with Crippen molar-refractivity contribution in [2.24, 2.45) is 5.73 Å². The Labute approximate surface area is 135 Å². The molecule has 0 bridgehead atoms. The number of nitrogens with two attached hydrogens (primary N) is 1. The minimum absolute atomic E-state index is 0.272. The molecule has 0 unspecified atom stereocenters. The van der Waals surface area contributed by atoms with Crippen LogP contribution in [0.25, 0.3) is 0 Å². The summed E-state index contributed by atoms with van der Waals surface area (Å²) in [6.07, 6.45) is 0. The van der Waals surface area contributed by atoms with Gasteiger partial charge in [0, 0.05) is 0 Å². The molecule has 22 heavy (non-hydrogen) atoms. The van der Waals surface area contributed by atoms with Crippen molar-refractivity contribution >= 4 is 17.2 Å². The Kier molecular flexibility index (Phi) is 5.61. The lowest BCUT2D eigenvalue weighted by Gasteiger charge is -2.14.